The van der Waals surface area contributed by atoms with Crippen LogP contribution in [0.4, 0.5) is 0 Å². The Morgan fingerprint density at radius 2 is 0.325 bits per heavy atom. The van der Waals surface area contributed by atoms with E-state index in [-0.39, 0.29) is 33.0 Å². The fraction of sp³-hybridized carbons (Fsp3) is 0.125. The molecule has 4 aromatic heterocycles. The van der Waals surface area contributed by atoms with Crippen molar-refractivity contribution in [1.29, 1.82) is 21.0 Å². The molecule has 0 aliphatic carbocycles. The van der Waals surface area contributed by atoms with Crippen molar-refractivity contribution in [3.8, 4) is 24.3 Å². The second-order valence-corrected chi connectivity index (χ2v) is 26.4. The number of hydrogen-bond acceptors (Lipinski definition) is 14. The number of pyridine rings is 4. The quantitative estimate of drug-likeness (QED) is 0.0829. The van der Waals surface area contributed by atoms with Crippen molar-refractivity contribution in [1.82, 2.24) is 41.2 Å². The summed E-state index contributed by atoms with van der Waals surface area (Å²) in [5, 5.41) is 42.8. The Bertz CT molecular complexity index is 4230. The second-order valence-electron chi connectivity index (χ2n) is 25.4. The van der Waals surface area contributed by atoms with Gasteiger partial charge in [-0.15, -0.1) is 0 Å². The molecule has 0 saturated carbocycles. The Morgan fingerprint density at radius 3 is 0.430 bits per heavy atom. The van der Waals surface area contributed by atoms with E-state index in [1.165, 1.54) is 71.4 Å². The number of rotatable bonds is 8. The van der Waals surface area contributed by atoms with Gasteiger partial charge < -0.3 is 46.5 Å². The van der Waals surface area contributed by atoms with Crippen LogP contribution >= 0.6 is 0 Å². The van der Waals surface area contributed by atoms with Gasteiger partial charge in [0.05, 0.1) is 69.8 Å². The molecule has 0 amide bonds. The molecule has 10 aromatic carbocycles. The average Bonchev–Trinajstić information content (AvgIpc) is 0.744. The fourth-order valence-electron chi connectivity index (χ4n) is 13.3. The van der Waals surface area contributed by atoms with Gasteiger partial charge in [-0.3, -0.25) is 19.9 Å². The summed E-state index contributed by atoms with van der Waals surface area (Å²) in [6.07, 6.45) is -2.43. The Labute approximate surface area is 706 Å². The Hall–Kier alpha value is -11.8. The van der Waals surface area contributed by atoms with Gasteiger partial charge in [0.1, 0.15) is 12.3 Å². The van der Waals surface area contributed by atoms with Crippen molar-refractivity contribution in [2.24, 2.45) is 0 Å². The zero-order chi connectivity index (χ0) is 79.4. The maximum Gasteiger partial charge on any atom is 2.00 e. The third-order valence-corrected chi connectivity index (χ3v) is 18.3. The van der Waals surface area contributed by atoms with Crippen LogP contribution in [0.25, 0.3) is 0 Å². The molecule has 16 rings (SSSR count). The van der Waals surface area contributed by atoms with Crippen LogP contribution in [-0.2, 0) is 111 Å². The van der Waals surface area contributed by atoms with Gasteiger partial charge >= 0.3 is 33.0 Å². The Morgan fingerprint density at radius 1 is 0.211 bits per heavy atom. The number of nitriles is 4. The van der Waals surface area contributed by atoms with Crippen LogP contribution < -0.4 is 65.0 Å². The molecule has 6 heterocycles. The molecule has 0 unspecified atom stereocenters. The minimum atomic E-state index is -1.22. The topological polar surface area (TPSA) is 195 Å². The van der Waals surface area contributed by atoms with E-state index < -0.39 is 12.3 Å². The first kappa shape index (κ1) is 92.8. The number of nitrogens with one attached hydrogen (secondary N) is 4. The smallest absolute Gasteiger partial charge is 0.780 e. The van der Waals surface area contributed by atoms with Gasteiger partial charge in [0.2, 0.25) is 0 Å². The molecule has 576 valence electrons. The van der Waals surface area contributed by atoms with E-state index in [4.69, 9.17) is 46.3 Å². The summed E-state index contributed by atoms with van der Waals surface area (Å²) in [7, 11) is 0. The van der Waals surface area contributed by atoms with Crippen LogP contribution in [0.1, 0.15) is 73.2 Å². The maximum atomic E-state index is 7.32. The van der Waals surface area contributed by atoms with Crippen molar-refractivity contribution in [2.75, 3.05) is 0 Å². The van der Waals surface area contributed by atoms with Crippen LogP contribution in [-0.4, -0.2) is 32.2 Å². The van der Waals surface area contributed by atoms with Crippen molar-refractivity contribution in [3.05, 3.63) is 422 Å². The molecule has 8 bridgehead atoms. The van der Waals surface area contributed by atoms with E-state index in [0.717, 1.165) is 108 Å². The van der Waals surface area contributed by atoms with Gasteiger partial charge in [-0.25, -0.2) is 0 Å². The van der Waals surface area contributed by atoms with E-state index in [0.29, 0.717) is 0 Å². The summed E-state index contributed by atoms with van der Waals surface area (Å²) in [5.74, 6) is 0. The summed E-state index contributed by atoms with van der Waals surface area (Å²) in [6.45, 7) is 11.9. The minimum absolute atomic E-state index is 0. The predicted octanol–water partition coefficient (Wildman–Crippen LogP) is 14.2. The van der Waals surface area contributed by atoms with Crippen LogP contribution in [0.3, 0.4) is 0 Å². The first-order chi connectivity index (χ1) is 55.1. The summed E-state index contributed by atoms with van der Waals surface area (Å²) in [6, 6.07) is 138. The molecule has 0 radical (unpaired) electrons. The van der Waals surface area contributed by atoms with Crippen molar-refractivity contribution in [2.45, 2.75) is 89.8 Å². The molecule has 0 atom stereocenters. The maximum absolute atomic E-state index is 7.32. The number of benzene rings is 10. The summed E-state index contributed by atoms with van der Waals surface area (Å²) >= 11 is 9.62. The summed E-state index contributed by atoms with van der Waals surface area (Å²) in [4.78, 5) is 20.2. The molecule has 2 aliphatic heterocycles. The van der Waals surface area contributed by atoms with E-state index in [1.807, 2.05) is 109 Å². The van der Waals surface area contributed by atoms with Gasteiger partial charge in [-0.2, -0.15) is 74.5 Å². The largest absolute Gasteiger partial charge is 2.00 e. The molecule has 14 aromatic rings. The molecule has 0 spiro atoms. The second kappa shape index (κ2) is 54.7. The fourth-order valence-corrected chi connectivity index (χ4v) is 13.6. The van der Waals surface area contributed by atoms with E-state index in [1.54, 1.807) is 24.3 Å². The van der Waals surface area contributed by atoms with Gasteiger partial charge in [-0.1, -0.05) is 328 Å². The van der Waals surface area contributed by atoms with Crippen molar-refractivity contribution in [3.63, 3.8) is 0 Å². The first-order valence-electron chi connectivity index (χ1n) is 37.1. The minimum Gasteiger partial charge on any atom is -0.780 e. The molecule has 0 fully saturated rings. The Kier molecular flexibility index (Phi) is 44.5. The standard InChI is InChI=1S/2C24H20B.2C14H16N4.2C6H6S.4C2H3N.2Ni/c2*1-5-13-21(14-6-1)25(22-15-7-2-8-16-22,23-17-9-3-10-18-23)24-19-11-4-12-20-24;2*1-3-11-7-15-9-13-5-2-6-14(18-13)10-16-8-12(4-1)17-11;2*7-6-4-2-1-3-5-6;4*1-2-3;;/h2*1-20H;2*1-6,15-16H,7-10H2;2*1-5,7H;4*1H3;;/q2*-1;;;;;;;;;2*+2/p-2. The molecule has 12 nitrogen and oxygen atoms in total. The predicted molar refractivity (Wildman–Crippen MR) is 469 cm³/mol. The van der Waals surface area contributed by atoms with Crippen molar-refractivity contribution < 1.29 is 33.0 Å². The van der Waals surface area contributed by atoms with Crippen LogP contribution in [0.2, 0.25) is 0 Å². The van der Waals surface area contributed by atoms with E-state index in [2.05, 4.69) is 308 Å². The zero-order valence-corrected chi connectivity index (χ0v) is 68.2. The van der Waals surface area contributed by atoms with E-state index in [9.17, 15) is 0 Å². The van der Waals surface area contributed by atoms with Gasteiger partial charge in [0, 0.05) is 80.1 Å². The molecular weight excluding hydrogens is 1520 g/mol. The van der Waals surface area contributed by atoms with Gasteiger partial charge in [-0.05, 0) is 48.5 Å². The van der Waals surface area contributed by atoms with Crippen LogP contribution in [0, 0.1) is 45.3 Å². The summed E-state index contributed by atoms with van der Waals surface area (Å²) in [5.41, 5.74) is 19.3. The van der Waals surface area contributed by atoms with Gasteiger partial charge in [0.15, 0.2) is 0 Å². The third kappa shape index (κ3) is 30.3. The SMILES string of the molecule is CC#N.CC#N.CC#N.CC#N.[Ni+2].[Ni+2].[S-]c1ccccc1.[S-]c1ccccc1.c1cc2nc(c1)CNCc1cccc(n1)CNC2.c1cc2nc(c1)CNCc1cccc(n1)CNC2.c1ccc([B-](c2ccccc2)(c2ccccc2)c2ccccc2)cc1.c1ccc([B-](c2ccccc2)(c2ccccc2)c2ccccc2)cc1. The van der Waals surface area contributed by atoms with Crippen molar-refractivity contribution >= 4 is 81.3 Å². The first-order valence-corrected chi connectivity index (χ1v) is 38.0. The monoisotopic (exact) mass is 1620 g/mol. The molecular formula is C96H94B2N12Ni2S2. The van der Waals surface area contributed by atoms with Crippen LogP contribution in [0.15, 0.2) is 386 Å². The average molecular weight is 1620 g/mol. The van der Waals surface area contributed by atoms with E-state index >= 15 is 0 Å². The number of nitrogens with zero attached hydrogens (tertiary/aromatic N) is 8. The third-order valence-electron chi connectivity index (χ3n) is 17.8. The van der Waals surface area contributed by atoms with Gasteiger partial charge in [0.25, 0.3) is 0 Å². The zero-order valence-electron chi connectivity index (χ0n) is 64.6. The number of fused-ring (bicyclic) bond motifs is 8. The normalized spacial score (nSPS) is 11.2. The Balaban J connectivity index is 0.000000246. The molecule has 2 aliphatic rings. The molecule has 4 N–H and O–H groups in total. The number of hydrogen-bond donors (Lipinski definition) is 4. The summed E-state index contributed by atoms with van der Waals surface area (Å²) < 4.78 is 0. The molecule has 18 heteroatoms. The van der Waals surface area contributed by atoms with Crippen LogP contribution in [0.5, 0.6) is 0 Å². The molecule has 114 heavy (non-hydrogen) atoms. The molecule has 0 saturated heterocycles. The number of aromatic nitrogens is 4.